The smallest absolute Gasteiger partial charge is 0.125 e. The lowest BCUT2D eigenvalue weighted by atomic mass is 10.0. The van der Waals surface area contributed by atoms with Gasteiger partial charge in [-0.25, -0.2) is 4.39 Å². The third-order valence-electron chi connectivity index (χ3n) is 3.04. The molecule has 0 spiro atoms. The van der Waals surface area contributed by atoms with E-state index in [0.717, 1.165) is 11.3 Å². The maximum atomic E-state index is 13.3. The topological polar surface area (TPSA) is 35.5 Å². The van der Waals surface area contributed by atoms with E-state index in [-0.39, 0.29) is 24.5 Å². The molecule has 18 heavy (non-hydrogen) atoms. The van der Waals surface area contributed by atoms with Crippen molar-refractivity contribution < 1.29 is 9.50 Å². The van der Waals surface area contributed by atoms with Gasteiger partial charge in [0.05, 0.1) is 0 Å². The lowest BCUT2D eigenvalue weighted by Gasteiger charge is -2.25. The molecule has 0 fully saturated rings. The van der Waals surface area contributed by atoms with Crippen molar-refractivity contribution in [3.63, 3.8) is 0 Å². The molecule has 1 aromatic rings. The quantitative estimate of drug-likeness (QED) is 0.817. The zero-order valence-corrected chi connectivity index (χ0v) is 11.6. The standard InChI is InChI=1S/C14H23FN2O/c1-10(7-8-18)16-11(2)13-6-5-12(15)9-14(13)17(3)4/h5-6,9-11,16,18H,7-8H2,1-4H3/t10-,11?/m1/s1. The summed E-state index contributed by atoms with van der Waals surface area (Å²) in [7, 11) is 3.81. The molecule has 0 aliphatic carbocycles. The molecular formula is C14H23FN2O. The van der Waals surface area contributed by atoms with Gasteiger partial charge in [0.2, 0.25) is 0 Å². The zero-order chi connectivity index (χ0) is 13.7. The molecule has 0 aliphatic heterocycles. The van der Waals surface area contributed by atoms with Crippen molar-refractivity contribution in [1.29, 1.82) is 0 Å². The van der Waals surface area contributed by atoms with Gasteiger partial charge in [-0.05, 0) is 38.0 Å². The largest absolute Gasteiger partial charge is 0.396 e. The molecule has 0 saturated carbocycles. The number of hydrogen-bond donors (Lipinski definition) is 2. The number of benzene rings is 1. The molecule has 0 bridgehead atoms. The Morgan fingerprint density at radius 3 is 2.56 bits per heavy atom. The van der Waals surface area contributed by atoms with E-state index in [1.165, 1.54) is 6.07 Å². The van der Waals surface area contributed by atoms with E-state index in [1.54, 1.807) is 6.07 Å². The minimum atomic E-state index is -0.224. The Hall–Kier alpha value is -1.13. The van der Waals surface area contributed by atoms with E-state index in [4.69, 9.17) is 5.11 Å². The third kappa shape index (κ3) is 3.96. The summed E-state index contributed by atoms with van der Waals surface area (Å²) in [5.74, 6) is -0.224. The van der Waals surface area contributed by atoms with Crippen molar-refractivity contribution >= 4 is 5.69 Å². The number of nitrogens with one attached hydrogen (secondary N) is 1. The SMILES string of the molecule is CC(N[C@H](C)CCO)c1ccc(F)cc1N(C)C. The summed E-state index contributed by atoms with van der Waals surface area (Å²) < 4.78 is 13.3. The predicted molar refractivity (Wildman–Crippen MR) is 73.4 cm³/mol. The first-order valence-corrected chi connectivity index (χ1v) is 6.29. The first-order chi connectivity index (χ1) is 8.45. The molecule has 0 aliphatic rings. The lowest BCUT2D eigenvalue weighted by molar-refractivity contribution is 0.264. The van der Waals surface area contributed by atoms with E-state index in [1.807, 2.05) is 38.9 Å². The van der Waals surface area contributed by atoms with Crippen LogP contribution >= 0.6 is 0 Å². The second-order valence-corrected chi connectivity index (χ2v) is 4.90. The number of aliphatic hydroxyl groups is 1. The Morgan fingerprint density at radius 1 is 1.33 bits per heavy atom. The van der Waals surface area contributed by atoms with Crippen LogP contribution in [0.3, 0.4) is 0 Å². The second-order valence-electron chi connectivity index (χ2n) is 4.90. The molecule has 1 unspecified atom stereocenters. The number of aliphatic hydroxyl groups excluding tert-OH is 1. The molecule has 4 heteroatoms. The molecular weight excluding hydrogens is 231 g/mol. The van der Waals surface area contributed by atoms with Crippen LogP contribution < -0.4 is 10.2 Å². The van der Waals surface area contributed by atoms with E-state index in [2.05, 4.69) is 5.32 Å². The van der Waals surface area contributed by atoms with Crippen LogP contribution in [0.5, 0.6) is 0 Å². The number of anilines is 1. The lowest BCUT2D eigenvalue weighted by Crippen LogP contribution is -2.30. The molecule has 3 nitrogen and oxygen atoms in total. The third-order valence-corrected chi connectivity index (χ3v) is 3.04. The van der Waals surface area contributed by atoms with E-state index in [0.29, 0.717) is 6.42 Å². The summed E-state index contributed by atoms with van der Waals surface area (Å²) in [6.07, 6.45) is 0.711. The number of nitrogens with zero attached hydrogens (tertiary/aromatic N) is 1. The summed E-state index contributed by atoms with van der Waals surface area (Å²) in [6, 6.07) is 5.18. The average molecular weight is 254 g/mol. The fraction of sp³-hybridized carbons (Fsp3) is 0.571. The van der Waals surface area contributed by atoms with Crippen LogP contribution in [0.25, 0.3) is 0 Å². The van der Waals surface area contributed by atoms with Crippen molar-refractivity contribution in [1.82, 2.24) is 5.32 Å². The minimum Gasteiger partial charge on any atom is -0.396 e. The Balaban J connectivity index is 2.87. The summed E-state index contributed by atoms with van der Waals surface area (Å²) >= 11 is 0. The van der Waals surface area contributed by atoms with Gasteiger partial charge in [0, 0.05) is 38.5 Å². The summed E-state index contributed by atoms with van der Waals surface area (Å²) in [5.41, 5.74) is 1.94. The Bertz CT molecular complexity index is 382. The van der Waals surface area contributed by atoms with Crippen molar-refractivity contribution in [2.24, 2.45) is 0 Å². The predicted octanol–water partition coefficient (Wildman–Crippen LogP) is 2.31. The molecule has 0 aromatic heterocycles. The van der Waals surface area contributed by atoms with Crippen LogP contribution in [-0.2, 0) is 0 Å². The van der Waals surface area contributed by atoms with E-state index >= 15 is 0 Å². The first-order valence-electron chi connectivity index (χ1n) is 6.29. The first kappa shape index (κ1) is 14.9. The molecule has 102 valence electrons. The van der Waals surface area contributed by atoms with Crippen LogP contribution in [0, 0.1) is 5.82 Å². The van der Waals surface area contributed by atoms with Crippen molar-refractivity contribution in [2.45, 2.75) is 32.4 Å². The zero-order valence-electron chi connectivity index (χ0n) is 11.6. The van der Waals surface area contributed by atoms with Crippen LogP contribution in [0.15, 0.2) is 18.2 Å². The molecule has 0 heterocycles. The van der Waals surface area contributed by atoms with E-state index < -0.39 is 0 Å². The molecule has 1 aromatic carbocycles. The van der Waals surface area contributed by atoms with Gasteiger partial charge < -0.3 is 15.3 Å². The van der Waals surface area contributed by atoms with Crippen molar-refractivity contribution in [3.05, 3.63) is 29.6 Å². The van der Waals surface area contributed by atoms with Crippen LogP contribution in [0.1, 0.15) is 31.9 Å². The van der Waals surface area contributed by atoms with Gasteiger partial charge in [0.15, 0.2) is 0 Å². The normalized spacial score (nSPS) is 14.3. The molecule has 2 atom stereocenters. The molecule has 0 saturated heterocycles. The van der Waals surface area contributed by atoms with Gasteiger partial charge in [-0.3, -0.25) is 0 Å². The Morgan fingerprint density at radius 2 is 2.00 bits per heavy atom. The second kappa shape index (κ2) is 6.71. The van der Waals surface area contributed by atoms with Crippen molar-refractivity contribution in [2.75, 3.05) is 25.6 Å². The average Bonchev–Trinajstić information content (AvgIpc) is 2.28. The molecule has 0 radical (unpaired) electrons. The number of rotatable bonds is 6. The maximum Gasteiger partial charge on any atom is 0.125 e. The van der Waals surface area contributed by atoms with Gasteiger partial charge in [-0.1, -0.05) is 6.07 Å². The highest BCUT2D eigenvalue weighted by Gasteiger charge is 2.14. The number of hydrogen-bond acceptors (Lipinski definition) is 3. The van der Waals surface area contributed by atoms with Gasteiger partial charge in [-0.15, -0.1) is 0 Å². The van der Waals surface area contributed by atoms with E-state index in [9.17, 15) is 4.39 Å². The highest BCUT2D eigenvalue weighted by molar-refractivity contribution is 5.54. The van der Waals surface area contributed by atoms with Crippen LogP contribution in [0.2, 0.25) is 0 Å². The summed E-state index contributed by atoms with van der Waals surface area (Å²) in [5, 5.41) is 12.3. The van der Waals surface area contributed by atoms with Gasteiger partial charge in [-0.2, -0.15) is 0 Å². The Kier molecular flexibility index (Phi) is 5.56. The Labute approximate surface area is 109 Å². The monoisotopic (exact) mass is 254 g/mol. The minimum absolute atomic E-state index is 0.115. The fourth-order valence-electron chi connectivity index (χ4n) is 2.06. The molecule has 1 rings (SSSR count). The highest BCUT2D eigenvalue weighted by atomic mass is 19.1. The fourth-order valence-corrected chi connectivity index (χ4v) is 2.06. The van der Waals surface area contributed by atoms with Crippen LogP contribution in [-0.4, -0.2) is 31.9 Å². The summed E-state index contributed by atoms with van der Waals surface area (Å²) in [6.45, 7) is 4.25. The van der Waals surface area contributed by atoms with Crippen molar-refractivity contribution in [3.8, 4) is 0 Å². The van der Waals surface area contributed by atoms with Gasteiger partial charge in [0.25, 0.3) is 0 Å². The van der Waals surface area contributed by atoms with Gasteiger partial charge >= 0.3 is 0 Å². The van der Waals surface area contributed by atoms with Crippen LogP contribution in [0.4, 0.5) is 10.1 Å². The number of halogens is 1. The van der Waals surface area contributed by atoms with Gasteiger partial charge in [0.1, 0.15) is 5.82 Å². The maximum absolute atomic E-state index is 13.3. The summed E-state index contributed by atoms with van der Waals surface area (Å²) in [4.78, 5) is 1.91. The molecule has 2 N–H and O–H groups in total. The molecule has 0 amide bonds. The highest BCUT2D eigenvalue weighted by Crippen LogP contribution is 2.26.